The summed E-state index contributed by atoms with van der Waals surface area (Å²) in [6.07, 6.45) is 0. The number of ether oxygens (including phenoxy) is 2. The molecule has 7 heteroatoms. The molecule has 1 unspecified atom stereocenters. The predicted octanol–water partition coefficient (Wildman–Crippen LogP) is 3.89. The molecule has 0 N–H and O–H groups in total. The fourth-order valence-corrected chi connectivity index (χ4v) is 2.40. The van der Waals surface area contributed by atoms with Gasteiger partial charge < -0.3 is 9.47 Å². The first kappa shape index (κ1) is 18.7. The maximum atomic E-state index is 13.4. The number of hydrogen-bond acceptors (Lipinski definition) is 5. The van der Waals surface area contributed by atoms with Gasteiger partial charge in [0, 0.05) is 5.56 Å². The fourth-order valence-electron chi connectivity index (χ4n) is 2.22. The Hall–Kier alpha value is -2.65. The molecule has 0 aliphatic heterocycles. The number of carbonyl (C=O) groups excluding carboxylic acids is 1. The summed E-state index contributed by atoms with van der Waals surface area (Å²) in [4.78, 5) is 16.6. The smallest absolute Gasteiger partial charge is 0.332 e. The van der Waals surface area contributed by atoms with Crippen LogP contribution < -0.4 is 4.74 Å². The average Bonchev–Trinajstić information content (AvgIpc) is 2.62. The largest absolute Gasteiger partial charge is 0.494 e. The lowest BCUT2D eigenvalue weighted by Gasteiger charge is -2.20. The maximum Gasteiger partial charge on any atom is 0.332 e. The van der Waals surface area contributed by atoms with Gasteiger partial charge in [-0.25, -0.2) is 14.2 Å². The van der Waals surface area contributed by atoms with Crippen molar-refractivity contribution in [3.8, 4) is 23.1 Å². The van der Waals surface area contributed by atoms with Crippen LogP contribution in [-0.4, -0.2) is 24.7 Å². The van der Waals surface area contributed by atoms with Crippen LogP contribution in [-0.2, 0) is 14.9 Å². The van der Waals surface area contributed by atoms with E-state index in [9.17, 15) is 14.4 Å². The molecule has 0 spiro atoms. The predicted molar refractivity (Wildman–Crippen MR) is 90.8 cm³/mol. The molecule has 0 amide bonds. The normalized spacial score (nSPS) is 12.8. The summed E-state index contributed by atoms with van der Waals surface area (Å²) in [6.45, 7) is 3.23. The van der Waals surface area contributed by atoms with E-state index < -0.39 is 17.2 Å². The Morgan fingerprint density at radius 1 is 1.40 bits per heavy atom. The SMILES string of the molecule is CCOC(=O)C(C)(C#N)c1ccc(OC)c(-c2ccc(F)c(Cl)c2)n1. The number of benzene rings is 1. The molecule has 0 bridgehead atoms. The van der Waals surface area contributed by atoms with Crippen LogP contribution in [0.3, 0.4) is 0 Å². The van der Waals surface area contributed by atoms with Gasteiger partial charge in [-0.15, -0.1) is 0 Å². The zero-order chi connectivity index (χ0) is 18.6. The molecule has 2 rings (SSSR count). The molecule has 25 heavy (non-hydrogen) atoms. The van der Waals surface area contributed by atoms with Crippen LogP contribution in [0.25, 0.3) is 11.3 Å². The standard InChI is InChI=1S/C18H16ClFN2O3/c1-4-25-17(23)18(2,10-21)15-8-7-14(24-3)16(22-15)11-5-6-13(20)12(19)9-11/h5-9H,4H2,1-3H3. The Balaban J connectivity index is 2.62. The first-order valence-corrected chi connectivity index (χ1v) is 7.84. The van der Waals surface area contributed by atoms with Gasteiger partial charge in [-0.1, -0.05) is 11.6 Å². The number of hydrogen-bond donors (Lipinski definition) is 0. The number of nitrogens with zero attached hydrogens (tertiary/aromatic N) is 2. The van der Waals surface area contributed by atoms with Gasteiger partial charge in [0.2, 0.25) is 0 Å². The van der Waals surface area contributed by atoms with E-state index in [1.54, 1.807) is 13.0 Å². The zero-order valence-electron chi connectivity index (χ0n) is 14.0. The lowest BCUT2D eigenvalue weighted by Crippen LogP contribution is -2.34. The van der Waals surface area contributed by atoms with Gasteiger partial charge in [0.1, 0.15) is 17.3 Å². The summed E-state index contributed by atoms with van der Waals surface area (Å²) in [6, 6.07) is 9.16. The Morgan fingerprint density at radius 2 is 2.12 bits per heavy atom. The highest BCUT2D eigenvalue weighted by atomic mass is 35.5. The molecule has 5 nitrogen and oxygen atoms in total. The number of halogens is 2. The van der Waals surface area contributed by atoms with E-state index in [4.69, 9.17) is 21.1 Å². The zero-order valence-corrected chi connectivity index (χ0v) is 14.7. The topological polar surface area (TPSA) is 72.2 Å². The van der Waals surface area contributed by atoms with E-state index in [0.717, 1.165) is 0 Å². The summed E-state index contributed by atoms with van der Waals surface area (Å²) in [7, 11) is 1.46. The molecule has 1 aromatic carbocycles. The summed E-state index contributed by atoms with van der Waals surface area (Å²) < 4.78 is 23.7. The van der Waals surface area contributed by atoms with E-state index in [1.165, 1.54) is 38.3 Å². The highest BCUT2D eigenvalue weighted by molar-refractivity contribution is 6.31. The van der Waals surface area contributed by atoms with E-state index in [0.29, 0.717) is 17.0 Å². The summed E-state index contributed by atoms with van der Waals surface area (Å²) in [5.41, 5.74) is -0.549. The fraction of sp³-hybridized carbons (Fsp3) is 0.278. The van der Waals surface area contributed by atoms with E-state index in [2.05, 4.69) is 4.98 Å². The first-order valence-electron chi connectivity index (χ1n) is 7.46. The van der Waals surface area contributed by atoms with Crippen molar-refractivity contribution < 1.29 is 18.7 Å². The van der Waals surface area contributed by atoms with Crippen LogP contribution in [0.15, 0.2) is 30.3 Å². The summed E-state index contributed by atoms with van der Waals surface area (Å²) in [5.74, 6) is -0.859. The van der Waals surface area contributed by atoms with Crippen LogP contribution in [0.2, 0.25) is 5.02 Å². The van der Waals surface area contributed by atoms with Crippen molar-refractivity contribution in [3.05, 3.63) is 46.9 Å². The second kappa shape index (κ2) is 7.49. The van der Waals surface area contributed by atoms with Crippen LogP contribution in [0.5, 0.6) is 5.75 Å². The molecule has 0 saturated heterocycles. The van der Waals surface area contributed by atoms with Gasteiger partial charge in [0.15, 0.2) is 5.41 Å². The Bertz CT molecular complexity index is 851. The van der Waals surface area contributed by atoms with E-state index in [1.807, 2.05) is 6.07 Å². The van der Waals surface area contributed by atoms with Gasteiger partial charge in [-0.2, -0.15) is 5.26 Å². The molecule has 0 fully saturated rings. The van der Waals surface area contributed by atoms with Gasteiger partial charge in [-0.3, -0.25) is 0 Å². The van der Waals surface area contributed by atoms with Crippen molar-refractivity contribution >= 4 is 17.6 Å². The lowest BCUT2D eigenvalue weighted by molar-refractivity contribution is -0.147. The van der Waals surface area contributed by atoms with Crippen molar-refractivity contribution in [1.29, 1.82) is 5.26 Å². The van der Waals surface area contributed by atoms with Crippen molar-refractivity contribution in [2.75, 3.05) is 13.7 Å². The third-order valence-electron chi connectivity index (χ3n) is 3.69. The number of aromatic nitrogens is 1. The van der Waals surface area contributed by atoms with E-state index in [-0.39, 0.29) is 17.3 Å². The second-order valence-electron chi connectivity index (χ2n) is 5.33. The molecule has 0 saturated carbocycles. The number of rotatable bonds is 5. The van der Waals surface area contributed by atoms with Gasteiger partial charge >= 0.3 is 5.97 Å². The Morgan fingerprint density at radius 3 is 2.68 bits per heavy atom. The number of methoxy groups -OCH3 is 1. The molecule has 1 atom stereocenters. The molecule has 130 valence electrons. The maximum absolute atomic E-state index is 13.4. The Labute approximate surface area is 150 Å². The van der Waals surface area contributed by atoms with Gasteiger partial charge in [0.05, 0.1) is 30.5 Å². The molecule has 0 radical (unpaired) electrons. The molecular weight excluding hydrogens is 347 g/mol. The number of nitriles is 1. The van der Waals surface area contributed by atoms with E-state index >= 15 is 0 Å². The summed E-state index contributed by atoms with van der Waals surface area (Å²) in [5, 5.41) is 9.44. The van der Waals surface area contributed by atoms with Gasteiger partial charge in [-0.05, 0) is 44.2 Å². The molecule has 0 aliphatic carbocycles. The highest BCUT2D eigenvalue weighted by Crippen LogP contribution is 2.34. The van der Waals surface area contributed by atoms with Crippen LogP contribution in [0.1, 0.15) is 19.5 Å². The Kier molecular flexibility index (Phi) is 5.60. The first-order chi connectivity index (χ1) is 11.9. The van der Waals surface area contributed by atoms with Crippen molar-refractivity contribution in [2.45, 2.75) is 19.3 Å². The molecule has 0 aliphatic rings. The van der Waals surface area contributed by atoms with Crippen LogP contribution in [0.4, 0.5) is 4.39 Å². The quantitative estimate of drug-likeness (QED) is 0.754. The van der Waals surface area contributed by atoms with Crippen LogP contribution >= 0.6 is 11.6 Å². The monoisotopic (exact) mass is 362 g/mol. The molecular formula is C18H16ClFN2O3. The summed E-state index contributed by atoms with van der Waals surface area (Å²) >= 11 is 5.84. The molecule has 1 heterocycles. The highest BCUT2D eigenvalue weighted by Gasteiger charge is 2.39. The van der Waals surface area contributed by atoms with Gasteiger partial charge in [0.25, 0.3) is 0 Å². The van der Waals surface area contributed by atoms with Crippen molar-refractivity contribution in [2.24, 2.45) is 0 Å². The third-order valence-corrected chi connectivity index (χ3v) is 3.98. The molecule has 1 aromatic heterocycles. The lowest BCUT2D eigenvalue weighted by atomic mass is 9.87. The third kappa shape index (κ3) is 3.57. The second-order valence-corrected chi connectivity index (χ2v) is 5.74. The molecule has 2 aromatic rings. The number of esters is 1. The van der Waals surface area contributed by atoms with Crippen molar-refractivity contribution in [3.63, 3.8) is 0 Å². The van der Waals surface area contributed by atoms with Crippen molar-refractivity contribution in [1.82, 2.24) is 4.98 Å². The minimum absolute atomic E-state index is 0.0693. The number of carbonyl (C=O) groups is 1. The minimum atomic E-state index is -1.58. The van der Waals surface area contributed by atoms with Crippen LogP contribution in [0, 0.1) is 17.1 Å². The minimum Gasteiger partial charge on any atom is -0.494 e. The average molecular weight is 363 g/mol. The number of pyridine rings is 1.